The van der Waals surface area contributed by atoms with E-state index in [-0.39, 0.29) is 18.1 Å². The van der Waals surface area contributed by atoms with Gasteiger partial charge in [-0.15, -0.1) is 0 Å². The molecule has 1 aromatic rings. The zero-order valence-electron chi connectivity index (χ0n) is 11.4. The van der Waals surface area contributed by atoms with E-state index in [0.717, 1.165) is 25.5 Å². The van der Waals surface area contributed by atoms with Crippen LogP contribution in [0.5, 0.6) is 0 Å². The minimum absolute atomic E-state index is 0.0760. The molecule has 1 saturated heterocycles. The quantitative estimate of drug-likeness (QED) is 0.834. The van der Waals surface area contributed by atoms with E-state index in [9.17, 15) is 4.79 Å². The number of nitrogens with zero attached hydrogens (tertiary/aromatic N) is 3. The van der Waals surface area contributed by atoms with E-state index in [1.54, 1.807) is 18.5 Å². The predicted molar refractivity (Wildman–Crippen MR) is 72.0 cm³/mol. The second-order valence-electron chi connectivity index (χ2n) is 6.23. The Hall–Kier alpha value is -1.49. The highest BCUT2D eigenvalue weighted by Gasteiger charge is 2.49. The number of hydrogen-bond donors (Lipinski definition) is 0. The molecule has 0 aromatic carbocycles. The molecule has 1 aliphatic heterocycles. The molecular weight excluding hydrogens is 254 g/mol. The summed E-state index contributed by atoms with van der Waals surface area (Å²) in [7, 11) is 0. The number of likely N-dealkylation sites (tertiary alicyclic amines) is 1. The largest absolute Gasteiger partial charge is 0.375 e. The Kier molecular flexibility index (Phi) is 2.95. The molecule has 3 fully saturated rings. The second kappa shape index (κ2) is 4.81. The molecule has 106 valence electrons. The van der Waals surface area contributed by atoms with Crippen LogP contribution in [0.3, 0.4) is 0 Å². The minimum atomic E-state index is 0.0760. The Balaban J connectivity index is 1.46. The van der Waals surface area contributed by atoms with Crippen molar-refractivity contribution in [1.29, 1.82) is 0 Å². The minimum Gasteiger partial charge on any atom is -0.375 e. The van der Waals surface area contributed by atoms with E-state index in [4.69, 9.17) is 4.74 Å². The van der Waals surface area contributed by atoms with Crippen molar-refractivity contribution < 1.29 is 9.53 Å². The summed E-state index contributed by atoms with van der Waals surface area (Å²) in [6.07, 6.45) is 8.27. The van der Waals surface area contributed by atoms with Crippen molar-refractivity contribution in [2.75, 3.05) is 13.2 Å². The summed E-state index contributed by atoms with van der Waals surface area (Å²) in [6, 6.07) is 2.00. The molecule has 5 nitrogen and oxygen atoms in total. The van der Waals surface area contributed by atoms with Crippen molar-refractivity contribution in [3.63, 3.8) is 0 Å². The summed E-state index contributed by atoms with van der Waals surface area (Å²) >= 11 is 0. The van der Waals surface area contributed by atoms with Crippen molar-refractivity contribution in [2.45, 2.75) is 37.8 Å². The Labute approximate surface area is 118 Å². The maximum absolute atomic E-state index is 12.5. The van der Waals surface area contributed by atoms with Gasteiger partial charge < -0.3 is 9.64 Å². The van der Waals surface area contributed by atoms with Crippen molar-refractivity contribution in [2.24, 2.45) is 11.8 Å². The van der Waals surface area contributed by atoms with Crippen LogP contribution in [0.1, 0.15) is 36.0 Å². The van der Waals surface area contributed by atoms with Gasteiger partial charge in [-0.1, -0.05) is 0 Å². The van der Waals surface area contributed by atoms with E-state index >= 15 is 0 Å². The van der Waals surface area contributed by atoms with Crippen molar-refractivity contribution >= 4 is 5.91 Å². The summed E-state index contributed by atoms with van der Waals surface area (Å²) < 4.78 is 6.11. The number of carbonyl (C=O) groups is 1. The van der Waals surface area contributed by atoms with Gasteiger partial charge in [0.15, 0.2) is 0 Å². The summed E-state index contributed by atoms with van der Waals surface area (Å²) in [4.78, 5) is 14.5. The first-order valence-electron chi connectivity index (χ1n) is 7.52. The van der Waals surface area contributed by atoms with Gasteiger partial charge in [-0.05, 0) is 37.7 Å². The van der Waals surface area contributed by atoms with E-state index < -0.39 is 0 Å². The van der Waals surface area contributed by atoms with Gasteiger partial charge in [0.25, 0.3) is 5.91 Å². The molecule has 3 unspecified atom stereocenters. The zero-order valence-corrected chi connectivity index (χ0v) is 11.4. The Bertz CT molecular complexity index is 503. The lowest BCUT2D eigenvalue weighted by atomic mass is 10.1. The summed E-state index contributed by atoms with van der Waals surface area (Å²) in [5, 5.41) is 7.52. The van der Waals surface area contributed by atoms with Gasteiger partial charge in [0.05, 0.1) is 30.1 Å². The third-order valence-corrected chi connectivity index (χ3v) is 4.82. The topological polar surface area (TPSA) is 55.3 Å². The number of carbonyl (C=O) groups excluding carboxylic acids is 1. The number of hydrogen-bond acceptors (Lipinski definition) is 4. The second-order valence-corrected chi connectivity index (χ2v) is 6.23. The molecule has 0 spiro atoms. The van der Waals surface area contributed by atoms with E-state index in [0.29, 0.717) is 11.5 Å². The molecule has 2 bridgehead atoms. The van der Waals surface area contributed by atoms with Crippen molar-refractivity contribution in [1.82, 2.24) is 15.1 Å². The van der Waals surface area contributed by atoms with Crippen LogP contribution in [-0.4, -0.2) is 46.3 Å². The molecule has 0 N–H and O–H groups in total. The number of aromatic nitrogens is 2. The number of fused-ring (bicyclic) bond motifs is 2. The maximum atomic E-state index is 12.5. The highest BCUT2D eigenvalue weighted by molar-refractivity contribution is 5.94. The van der Waals surface area contributed by atoms with E-state index in [1.165, 1.54) is 19.3 Å². The van der Waals surface area contributed by atoms with Crippen LogP contribution in [0.25, 0.3) is 0 Å². The summed E-state index contributed by atoms with van der Waals surface area (Å²) in [5.74, 6) is 1.38. The normalized spacial score (nSPS) is 31.8. The van der Waals surface area contributed by atoms with Crippen LogP contribution in [-0.2, 0) is 4.74 Å². The van der Waals surface area contributed by atoms with Crippen LogP contribution in [0.2, 0.25) is 0 Å². The van der Waals surface area contributed by atoms with Crippen molar-refractivity contribution in [3.8, 4) is 0 Å². The Morgan fingerprint density at radius 3 is 2.95 bits per heavy atom. The molecule has 5 heteroatoms. The molecule has 2 saturated carbocycles. The summed E-state index contributed by atoms with van der Waals surface area (Å²) in [5.41, 5.74) is 0.633. The third kappa shape index (κ3) is 2.10. The lowest BCUT2D eigenvalue weighted by molar-refractivity contribution is 0.0208. The Morgan fingerprint density at radius 2 is 2.20 bits per heavy atom. The van der Waals surface area contributed by atoms with Gasteiger partial charge >= 0.3 is 0 Å². The fourth-order valence-corrected chi connectivity index (χ4v) is 3.54. The molecule has 3 atom stereocenters. The average Bonchev–Trinajstić information content (AvgIpc) is 3.18. The number of ether oxygens (including phenoxy) is 1. The lowest BCUT2D eigenvalue weighted by Crippen LogP contribution is -2.40. The highest BCUT2D eigenvalue weighted by atomic mass is 16.5. The van der Waals surface area contributed by atoms with E-state index in [1.807, 2.05) is 4.90 Å². The van der Waals surface area contributed by atoms with Gasteiger partial charge in [-0.2, -0.15) is 10.2 Å². The molecule has 1 amide bonds. The van der Waals surface area contributed by atoms with Crippen LogP contribution >= 0.6 is 0 Å². The Morgan fingerprint density at radius 1 is 1.30 bits per heavy atom. The molecule has 2 heterocycles. The molecule has 3 aliphatic rings. The van der Waals surface area contributed by atoms with Gasteiger partial charge in [-0.25, -0.2) is 0 Å². The van der Waals surface area contributed by atoms with E-state index in [2.05, 4.69) is 10.2 Å². The van der Waals surface area contributed by atoms with Gasteiger partial charge in [0.2, 0.25) is 0 Å². The third-order valence-electron chi connectivity index (χ3n) is 4.82. The van der Waals surface area contributed by atoms with Gasteiger partial charge in [0.1, 0.15) is 0 Å². The lowest BCUT2D eigenvalue weighted by Gasteiger charge is -2.27. The molecule has 1 aromatic heterocycles. The monoisotopic (exact) mass is 273 g/mol. The molecular formula is C15H19N3O2. The van der Waals surface area contributed by atoms with Crippen LogP contribution in [0, 0.1) is 11.8 Å². The average molecular weight is 273 g/mol. The smallest absolute Gasteiger partial charge is 0.255 e. The van der Waals surface area contributed by atoms with Crippen molar-refractivity contribution in [3.05, 3.63) is 24.0 Å². The predicted octanol–water partition coefficient (Wildman–Crippen LogP) is 1.51. The number of amides is 1. The van der Waals surface area contributed by atoms with Gasteiger partial charge in [-0.3, -0.25) is 4.79 Å². The SMILES string of the molecule is O=C(c1ccnnc1)N1CC2CCC1C2OCC1CC1. The zero-order chi connectivity index (χ0) is 13.5. The van der Waals surface area contributed by atoms with Crippen LogP contribution < -0.4 is 0 Å². The first-order valence-corrected chi connectivity index (χ1v) is 7.52. The number of rotatable bonds is 4. The molecule has 20 heavy (non-hydrogen) atoms. The number of piperidine rings is 1. The first-order chi connectivity index (χ1) is 9.83. The fraction of sp³-hybridized carbons (Fsp3) is 0.667. The van der Waals surface area contributed by atoms with Gasteiger partial charge in [0, 0.05) is 19.1 Å². The summed E-state index contributed by atoms with van der Waals surface area (Å²) in [6.45, 7) is 1.72. The maximum Gasteiger partial charge on any atom is 0.255 e. The standard InChI is InChI=1S/C15H19N3O2/c19-15(11-5-6-16-17-7-11)18-8-12-3-4-13(18)14(12)20-9-10-1-2-10/h5-7,10,12-14H,1-4,8-9H2. The molecule has 0 radical (unpaired) electrons. The molecule has 2 aliphatic carbocycles. The highest BCUT2D eigenvalue weighted by Crippen LogP contribution is 2.41. The molecule has 4 rings (SSSR count). The fourth-order valence-electron chi connectivity index (χ4n) is 3.54. The van der Waals surface area contributed by atoms with Crippen LogP contribution in [0.15, 0.2) is 18.5 Å². The van der Waals surface area contributed by atoms with Crippen LogP contribution in [0.4, 0.5) is 0 Å². The first kappa shape index (κ1) is 12.3.